The van der Waals surface area contributed by atoms with Crippen LogP contribution in [0.3, 0.4) is 0 Å². The quantitative estimate of drug-likeness (QED) is 0.774. The summed E-state index contributed by atoms with van der Waals surface area (Å²) in [6.07, 6.45) is -0.727. The average Bonchev–Trinajstić information content (AvgIpc) is 2.92. The van der Waals surface area contributed by atoms with E-state index in [1.165, 1.54) is 16.2 Å². The van der Waals surface area contributed by atoms with Crippen LogP contribution in [0.4, 0.5) is 4.79 Å². The number of nitrogens with zero attached hydrogens (tertiary/aromatic N) is 2. The second-order valence-corrected chi connectivity index (χ2v) is 6.48. The van der Waals surface area contributed by atoms with Gasteiger partial charge in [-0.15, -0.1) is 11.3 Å². The van der Waals surface area contributed by atoms with Gasteiger partial charge in [-0.3, -0.25) is 0 Å². The van der Waals surface area contributed by atoms with Crippen molar-refractivity contribution in [2.45, 2.75) is 45.4 Å². The smallest absolute Gasteiger partial charge is 0.326 e. The molecule has 8 heteroatoms. The Morgan fingerprint density at radius 2 is 2.14 bits per heavy atom. The molecule has 1 aromatic heterocycles. The van der Waals surface area contributed by atoms with Crippen molar-refractivity contribution in [2.75, 3.05) is 6.54 Å². The Kier molecular flexibility index (Phi) is 4.48. The van der Waals surface area contributed by atoms with Gasteiger partial charge in [-0.1, -0.05) is 0 Å². The van der Waals surface area contributed by atoms with Gasteiger partial charge in [0.2, 0.25) is 0 Å². The summed E-state index contributed by atoms with van der Waals surface area (Å²) in [7, 11) is 0. The Labute approximate surface area is 126 Å². The van der Waals surface area contributed by atoms with Crippen molar-refractivity contribution in [2.24, 2.45) is 0 Å². The van der Waals surface area contributed by atoms with Gasteiger partial charge in [-0.2, -0.15) is 0 Å². The molecule has 1 unspecified atom stereocenters. The number of carbonyl (C=O) groups is 2. The highest BCUT2D eigenvalue weighted by molar-refractivity contribution is 7.11. The summed E-state index contributed by atoms with van der Waals surface area (Å²) in [6.45, 7) is 5.64. The van der Waals surface area contributed by atoms with Crippen LogP contribution in [0.2, 0.25) is 0 Å². The third kappa shape index (κ3) is 3.33. The first-order chi connectivity index (χ1) is 9.79. The zero-order valence-corrected chi connectivity index (χ0v) is 13.0. The Balaban J connectivity index is 2.07. The SMILES string of the molecule is Cc1nc(C)c(C(C)NC(=O)N2C[C@H](O)C[C@@H]2C(=O)O)s1. The van der Waals surface area contributed by atoms with Crippen molar-refractivity contribution in [1.82, 2.24) is 15.2 Å². The minimum atomic E-state index is -1.10. The summed E-state index contributed by atoms with van der Waals surface area (Å²) in [5.74, 6) is -1.10. The molecule has 1 saturated heterocycles. The lowest BCUT2D eigenvalue weighted by Crippen LogP contribution is -2.46. The fourth-order valence-corrected chi connectivity index (χ4v) is 3.48. The number of carboxylic acids is 1. The molecule has 2 heterocycles. The maximum atomic E-state index is 12.2. The highest BCUT2D eigenvalue weighted by Gasteiger charge is 2.39. The zero-order chi connectivity index (χ0) is 15.7. The Morgan fingerprint density at radius 3 is 2.67 bits per heavy atom. The number of likely N-dealkylation sites (tertiary alicyclic amines) is 1. The number of aromatic nitrogens is 1. The van der Waals surface area contributed by atoms with E-state index >= 15 is 0 Å². The number of aliphatic hydroxyl groups is 1. The van der Waals surface area contributed by atoms with Crippen LogP contribution in [-0.4, -0.2) is 50.8 Å². The minimum Gasteiger partial charge on any atom is -0.480 e. The lowest BCUT2D eigenvalue weighted by molar-refractivity contribution is -0.141. The number of amides is 2. The number of aliphatic carboxylic acids is 1. The number of hydrogen-bond donors (Lipinski definition) is 3. The van der Waals surface area contributed by atoms with Gasteiger partial charge >= 0.3 is 12.0 Å². The van der Waals surface area contributed by atoms with Gasteiger partial charge in [0.25, 0.3) is 0 Å². The van der Waals surface area contributed by atoms with Crippen molar-refractivity contribution in [3.8, 4) is 0 Å². The molecule has 1 fully saturated rings. The topological polar surface area (TPSA) is 103 Å². The molecular weight excluding hydrogens is 294 g/mol. The first-order valence-corrected chi connectivity index (χ1v) is 7.53. The standard InChI is InChI=1S/C13H19N3O4S/c1-6-11(21-8(3)14-6)7(2)15-13(20)16-5-9(17)4-10(16)12(18)19/h7,9-10,17H,4-5H2,1-3H3,(H,15,20)(H,18,19)/t7?,9-,10-/m1/s1. The second kappa shape index (κ2) is 5.98. The summed E-state index contributed by atoms with van der Waals surface area (Å²) < 4.78 is 0. The van der Waals surface area contributed by atoms with E-state index in [-0.39, 0.29) is 19.0 Å². The lowest BCUT2D eigenvalue weighted by atomic mass is 10.2. The van der Waals surface area contributed by atoms with Gasteiger partial charge < -0.3 is 20.4 Å². The molecule has 0 aliphatic carbocycles. The van der Waals surface area contributed by atoms with E-state index < -0.39 is 24.1 Å². The summed E-state index contributed by atoms with van der Waals surface area (Å²) >= 11 is 1.50. The molecule has 21 heavy (non-hydrogen) atoms. The number of hydrogen-bond acceptors (Lipinski definition) is 5. The van der Waals surface area contributed by atoms with E-state index in [4.69, 9.17) is 5.11 Å². The average molecular weight is 313 g/mol. The molecule has 0 spiro atoms. The number of carboxylic acid groups (broad SMARTS) is 1. The fourth-order valence-electron chi connectivity index (χ4n) is 2.55. The van der Waals surface area contributed by atoms with Gasteiger partial charge in [0.1, 0.15) is 6.04 Å². The maximum absolute atomic E-state index is 12.2. The lowest BCUT2D eigenvalue weighted by Gasteiger charge is -2.24. The molecule has 3 atom stereocenters. The monoisotopic (exact) mass is 313 g/mol. The normalized spacial score (nSPS) is 23.1. The van der Waals surface area contributed by atoms with Crippen molar-refractivity contribution in [1.29, 1.82) is 0 Å². The van der Waals surface area contributed by atoms with Crippen LogP contribution in [0, 0.1) is 13.8 Å². The van der Waals surface area contributed by atoms with Crippen LogP contribution in [0.15, 0.2) is 0 Å². The van der Waals surface area contributed by atoms with E-state index in [1.54, 1.807) is 0 Å². The molecule has 2 rings (SSSR count). The van der Waals surface area contributed by atoms with E-state index in [2.05, 4.69) is 10.3 Å². The predicted octanol–water partition coefficient (Wildman–Crippen LogP) is 1.05. The fraction of sp³-hybridized carbons (Fsp3) is 0.615. The third-order valence-electron chi connectivity index (χ3n) is 3.50. The van der Waals surface area contributed by atoms with Crippen molar-refractivity contribution < 1.29 is 19.8 Å². The Bertz CT molecular complexity index is 560. The molecule has 1 aliphatic rings. The molecule has 0 aromatic carbocycles. The predicted molar refractivity (Wildman–Crippen MR) is 77.3 cm³/mol. The number of rotatable bonds is 3. The number of nitrogens with one attached hydrogen (secondary N) is 1. The van der Waals surface area contributed by atoms with Gasteiger partial charge in [0.05, 0.1) is 22.8 Å². The second-order valence-electron chi connectivity index (χ2n) is 5.25. The molecule has 0 saturated carbocycles. The summed E-state index contributed by atoms with van der Waals surface area (Å²) in [5, 5.41) is 22.4. The molecule has 7 nitrogen and oxygen atoms in total. The Morgan fingerprint density at radius 1 is 1.48 bits per heavy atom. The van der Waals surface area contributed by atoms with Crippen LogP contribution in [0.25, 0.3) is 0 Å². The summed E-state index contributed by atoms with van der Waals surface area (Å²) in [6, 6.07) is -1.70. The molecule has 116 valence electrons. The highest BCUT2D eigenvalue weighted by Crippen LogP contribution is 2.25. The zero-order valence-electron chi connectivity index (χ0n) is 12.2. The molecule has 0 radical (unpaired) electrons. The molecular formula is C13H19N3O4S. The first-order valence-electron chi connectivity index (χ1n) is 6.71. The molecule has 3 N–H and O–H groups in total. The molecule has 0 bridgehead atoms. The Hall–Kier alpha value is -1.67. The summed E-state index contributed by atoms with van der Waals surface area (Å²) in [5.41, 5.74) is 0.863. The number of aryl methyl sites for hydroxylation is 2. The number of urea groups is 1. The molecule has 1 aliphatic heterocycles. The van der Waals surface area contributed by atoms with Crippen LogP contribution < -0.4 is 5.32 Å². The number of thiazole rings is 1. The largest absolute Gasteiger partial charge is 0.480 e. The minimum absolute atomic E-state index is 0.0379. The first kappa shape index (κ1) is 15.7. The van der Waals surface area contributed by atoms with Crippen molar-refractivity contribution in [3.05, 3.63) is 15.6 Å². The van der Waals surface area contributed by atoms with Crippen LogP contribution in [0.5, 0.6) is 0 Å². The number of aliphatic hydroxyl groups excluding tert-OH is 1. The van der Waals surface area contributed by atoms with Gasteiger partial charge in [0.15, 0.2) is 0 Å². The number of β-amino-alcohol motifs (C(OH)–C–C–N with tert-alkyl or cyclic N) is 1. The van der Waals surface area contributed by atoms with Crippen molar-refractivity contribution >= 4 is 23.3 Å². The van der Waals surface area contributed by atoms with Crippen LogP contribution >= 0.6 is 11.3 Å². The molecule has 2 amide bonds. The van der Waals surface area contributed by atoms with Gasteiger partial charge in [-0.25, -0.2) is 14.6 Å². The van der Waals surface area contributed by atoms with E-state index in [1.807, 2.05) is 20.8 Å². The van der Waals surface area contributed by atoms with E-state index in [0.717, 1.165) is 15.6 Å². The van der Waals surface area contributed by atoms with Gasteiger partial charge in [0, 0.05) is 17.8 Å². The van der Waals surface area contributed by atoms with Crippen molar-refractivity contribution in [3.63, 3.8) is 0 Å². The summed E-state index contributed by atoms with van der Waals surface area (Å²) in [4.78, 5) is 29.8. The van der Waals surface area contributed by atoms with E-state index in [0.29, 0.717) is 0 Å². The van der Waals surface area contributed by atoms with Gasteiger partial charge in [-0.05, 0) is 20.8 Å². The maximum Gasteiger partial charge on any atom is 0.326 e. The number of carbonyl (C=O) groups excluding carboxylic acids is 1. The third-order valence-corrected chi connectivity index (χ3v) is 4.75. The highest BCUT2D eigenvalue weighted by atomic mass is 32.1. The van der Waals surface area contributed by atoms with Crippen LogP contribution in [0.1, 0.15) is 35.0 Å². The van der Waals surface area contributed by atoms with E-state index in [9.17, 15) is 14.7 Å². The molecule has 1 aromatic rings. The van der Waals surface area contributed by atoms with Crippen LogP contribution in [-0.2, 0) is 4.79 Å².